The van der Waals surface area contributed by atoms with Crippen LogP contribution in [-0.2, 0) is 0 Å². The van der Waals surface area contributed by atoms with Gasteiger partial charge in [0.05, 0.1) is 16.1 Å². The van der Waals surface area contributed by atoms with Crippen molar-refractivity contribution in [2.75, 3.05) is 6.54 Å². The van der Waals surface area contributed by atoms with Gasteiger partial charge in [-0.15, -0.1) is 0 Å². The Balaban J connectivity index is 2.45. The van der Waals surface area contributed by atoms with E-state index >= 15 is 0 Å². The van der Waals surface area contributed by atoms with Gasteiger partial charge in [0.1, 0.15) is 0 Å². The predicted octanol–water partition coefficient (Wildman–Crippen LogP) is 5.00. The Labute approximate surface area is 124 Å². The maximum Gasteiger partial charge on any atom is 0.0595 e. The number of hydrogen-bond acceptors (Lipinski definition) is 1. The number of nitrogens with one attached hydrogen (secondary N) is 1. The van der Waals surface area contributed by atoms with Crippen LogP contribution in [0.1, 0.15) is 29.7 Å². The second kappa shape index (κ2) is 6.42. The van der Waals surface area contributed by atoms with Crippen molar-refractivity contribution in [1.82, 2.24) is 5.32 Å². The molecule has 0 saturated carbocycles. The zero-order chi connectivity index (χ0) is 13.8. The van der Waals surface area contributed by atoms with Crippen molar-refractivity contribution >= 4 is 23.2 Å². The van der Waals surface area contributed by atoms with Gasteiger partial charge in [0, 0.05) is 0 Å². The van der Waals surface area contributed by atoms with Crippen molar-refractivity contribution in [3.63, 3.8) is 0 Å². The van der Waals surface area contributed by atoms with Gasteiger partial charge in [0.25, 0.3) is 0 Å². The molecule has 0 aromatic heterocycles. The summed E-state index contributed by atoms with van der Waals surface area (Å²) in [5, 5.41) is 4.68. The van der Waals surface area contributed by atoms with Crippen LogP contribution in [0, 0.1) is 6.92 Å². The lowest BCUT2D eigenvalue weighted by Crippen LogP contribution is -2.22. The highest BCUT2D eigenvalue weighted by Gasteiger charge is 2.15. The minimum absolute atomic E-state index is 0.140. The third-order valence-corrected chi connectivity index (χ3v) is 3.92. The number of rotatable bonds is 4. The largest absolute Gasteiger partial charge is 0.307 e. The summed E-state index contributed by atoms with van der Waals surface area (Å²) < 4.78 is 0. The van der Waals surface area contributed by atoms with Gasteiger partial charge < -0.3 is 5.32 Å². The fourth-order valence-electron chi connectivity index (χ4n) is 2.21. The summed E-state index contributed by atoms with van der Waals surface area (Å²) in [4.78, 5) is 0. The Morgan fingerprint density at radius 2 is 1.79 bits per heavy atom. The molecule has 2 rings (SSSR count). The SMILES string of the molecule is CCNC(c1ccc(Cl)c(Cl)c1)c1ccccc1C. The molecule has 0 radical (unpaired) electrons. The maximum absolute atomic E-state index is 6.13. The molecule has 1 nitrogen and oxygen atoms in total. The second-order valence-corrected chi connectivity index (χ2v) is 5.34. The van der Waals surface area contributed by atoms with Crippen LogP contribution >= 0.6 is 23.2 Å². The van der Waals surface area contributed by atoms with E-state index < -0.39 is 0 Å². The molecule has 0 amide bonds. The molecular formula is C16H17Cl2N. The summed E-state index contributed by atoms with van der Waals surface area (Å²) in [5.41, 5.74) is 3.66. The van der Waals surface area contributed by atoms with Gasteiger partial charge in [-0.3, -0.25) is 0 Å². The van der Waals surface area contributed by atoms with Gasteiger partial charge >= 0.3 is 0 Å². The first kappa shape index (κ1) is 14.4. The summed E-state index contributed by atoms with van der Waals surface area (Å²) in [5.74, 6) is 0. The van der Waals surface area contributed by atoms with Crippen molar-refractivity contribution in [3.05, 3.63) is 69.2 Å². The Morgan fingerprint density at radius 1 is 1.05 bits per heavy atom. The highest BCUT2D eigenvalue weighted by atomic mass is 35.5. The monoisotopic (exact) mass is 293 g/mol. The zero-order valence-corrected chi connectivity index (χ0v) is 12.6. The van der Waals surface area contributed by atoms with Gasteiger partial charge in [-0.05, 0) is 42.3 Å². The molecule has 0 bridgehead atoms. The standard InChI is InChI=1S/C16H17Cl2N/c1-3-19-16(13-7-5-4-6-11(13)2)12-8-9-14(17)15(18)10-12/h4-10,16,19H,3H2,1-2H3. The van der Waals surface area contributed by atoms with Crippen LogP contribution in [0.4, 0.5) is 0 Å². The summed E-state index contributed by atoms with van der Waals surface area (Å²) >= 11 is 12.1. The summed E-state index contributed by atoms with van der Waals surface area (Å²) in [7, 11) is 0. The van der Waals surface area contributed by atoms with Crippen molar-refractivity contribution in [2.24, 2.45) is 0 Å². The van der Waals surface area contributed by atoms with E-state index in [1.54, 1.807) is 0 Å². The molecule has 0 heterocycles. The molecule has 0 aliphatic heterocycles. The lowest BCUT2D eigenvalue weighted by atomic mass is 9.95. The van der Waals surface area contributed by atoms with Gasteiger partial charge in [0.2, 0.25) is 0 Å². The predicted molar refractivity (Wildman–Crippen MR) is 83.2 cm³/mol. The van der Waals surface area contributed by atoms with Crippen molar-refractivity contribution < 1.29 is 0 Å². The van der Waals surface area contributed by atoms with Crippen LogP contribution in [0.5, 0.6) is 0 Å². The van der Waals surface area contributed by atoms with Crippen LogP contribution in [0.2, 0.25) is 10.0 Å². The second-order valence-electron chi connectivity index (χ2n) is 4.52. The van der Waals surface area contributed by atoms with Crippen LogP contribution in [0.3, 0.4) is 0 Å². The minimum atomic E-state index is 0.140. The van der Waals surface area contributed by atoms with Crippen LogP contribution in [0.25, 0.3) is 0 Å². The van der Waals surface area contributed by atoms with E-state index in [-0.39, 0.29) is 6.04 Å². The van der Waals surface area contributed by atoms with Crippen LogP contribution < -0.4 is 5.32 Å². The summed E-state index contributed by atoms with van der Waals surface area (Å²) in [6.07, 6.45) is 0. The first-order chi connectivity index (χ1) is 9.13. The molecule has 100 valence electrons. The van der Waals surface area contributed by atoms with E-state index in [2.05, 4.69) is 43.4 Å². The van der Waals surface area contributed by atoms with E-state index in [1.807, 2.05) is 18.2 Å². The molecule has 0 aliphatic carbocycles. The highest BCUT2D eigenvalue weighted by Crippen LogP contribution is 2.30. The van der Waals surface area contributed by atoms with Gasteiger partial charge in [-0.1, -0.05) is 60.5 Å². The normalized spacial score (nSPS) is 12.4. The first-order valence-electron chi connectivity index (χ1n) is 6.37. The average molecular weight is 294 g/mol. The molecular weight excluding hydrogens is 277 g/mol. The third-order valence-electron chi connectivity index (χ3n) is 3.18. The Bertz CT molecular complexity index is 566. The topological polar surface area (TPSA) is 12.0 Å². The average Bonchev–Trinajstić information content (AvgIpc) is 2.40. The Hall–Kier alpha value is -1.02. The van der Waals surface area contributed by atoms with Crippen LogP contribution in [-0.4, -0.2) is 6.54 Å². The first-order valence-corrected chi connectivity index (χ1v) is 7.13. The minimum Gasteiger partial charge on any atom is -0.307 e. The van der Waals surface area contributed by atoms with E-state index in [0.29, 0.717) is 10.0 Å². The molecule has 2 aromatic carbocycles. The van der Waals surface area contributed by atoms with E-state index in [0.717, 1.165) is 12.1 Å². The lowest BCUT2D eigenvalue weighted by molar-refractivity contribution is 0.628. The molecule has 19 heavy (non-hydrogen) atoms. The van der Waals surface area contributed by atoms with E-state index in [9.17, 15) is 0 Å². The summed E-state index contributed by atoms with van der Waals surface area (Å²) in [6.45, 7) is 5.11. The Morgan fingerprint density at radius 3 is 2.42 bits per heavy atom. The third kappa shape index (κ3) is 3.30. The van der Waals surface area contributed by atoms with Gasteiger partial charge in [0.15, 0.2) is 0 Å². The molecule has 1 N–H and O–H groups in total. The zero-order valence-electron chi connectivity index (χ0n) is 11.1. The fourth-order valence-corrected chi connectivity index (χ4v) is 2.52. The highest BCUT2D eigenvalue weighted by molar-refractivity contribution is 6.42. The molecule has 3 heteroatoms. The number of hydrogen-bond donors (Lipinski definition) is 1. The lowest BCUT2D eigenvalue weighted by Gasteiger charge is -2.21. The molecule has 1 atom stereocenters. The Kier molecular flexibility index (Phi) is 4.87. The van der Waals surface area contributed by atoms with Crippen LogP contribution in [0.15, 0.2) is 42.5 Å². The van der Waals surface area contributed by atoms with Gasteiger partial charge in [-0.2, -0.15) is 0 Å². The quantitative estimate of drug-likeness (QED) is 0.836. The van der Waals surface area contributed by atoms with Crippen molar-refractivity contribution in [1.29, 1.82) is 0 Å². The molecule has 1 unspecified atom stereocenters. The molecule has 0 spiro atoms. The maximum atomic E-state index is 6.13. The molecule has 0 saturated heterocycles. The number of benzene rings is 2. The van der Waals surface area contributed by atoms with Gasteiger partial charge in [-0.25, -0.2) is 0 Å². The molecule has 0 aliphatic rings. The number of aryl methyl sites for hydroxylation is 1. The fraction of sp³-hybridized carbons (Fsp3) is 0.250. The van der Waals surface area contributed by atoms with Crippen molar-refractivity contribution in [2.45, 2.75) is 19.9 Å². The molecule has 0 fully saturated rings. The van der Waals surface area contributed by atoms with E-state index in [1.165, 1.54) is 11.1 Å². The van der Waals surface area contributed by atoms with E-state index in [4.69, 9.17) is 23.2 Å². The smallest absolute Gasteiger partial charge is 0.0595 e. The summed E-state index contributed by atoms with van der Waals surface area (Å²) in [6, 6.07) is 14.3. The number of halogens is 2. The molecule has 2 aromatic rings. The van der Waals surface area contributed by atoms with Crippen molar-refractivity contribution in [3.8, 4) is 0 Å².